The monoisotopic (exact) mass is 324 g/mol. The third-order valence-electron chi connectivity index (χ3n) is 3.42. The number of carbonyl (C=O) groups excluding carboxylic acids is 2. The lowest BCUT2D eigenvalue weighted by Crippen LogP contribution is -2.03. The molecule has 0 amide bonds. The molecule has 2 aromatic rings. The summed E-state index contributed by atoms with van der Waals surface area (Å²) in [7, 11) is 0. The van der Waals surface area contributed by atoms with Gasteiger partial charge in [-0.2, -0.15) is 0 Å². The Balaban J connectivity index is 1.91. The highest BCUT2D eigenvalue weighted by atomic mass is 16.5. The molecule has 0 spiro atoms. The van der Waals surface area contributed by atoms with Gasteiger partial charge in [0.25, 0.3) is 0 Å². The number of hydrogen-bond donors (Lipinski definition) is 1. The van der Waals surface area contributed by atoms with Gasteiger partial charge < -0.3 is 9.84 Å². The molecule has 2 rings (SSSR count). The first-order valence-corrected chi connectivity index (χ1v) is 7.86. The van der Waals surface area contributed by atoms with Crippen LogP contribution in [0.1, 0.15) is 34.3 Å². The van der Waals surface area contributed by atoms with Crippen LogP contribution in [0.2, 0.25) is 0 Å². The van der Waals surface area contributed by atoms with E-state index < -0.39 is 5.97 Å². The van der Waals surface area contributed by atoms with Crippen molar-refractivity contribution in [1.29, 1.82) is 0 Å². The van der Waals surface area contributed by atoms with E-state index in [-0.39, 0.29) is 12.4 Å². The molecule has 0 unspecified atom stereocenters. The predicted molar refractivity (Wildman–Crippen MR) is 92.6 cm³/mol. The maximum absolute atomic E-state index is 12.3. The SMILES string of the molecule is O=C(/C=C/c1ccc(C(=O)c2ccccc2)cc1)OCCCCO. The van der Waals surface area contributed by atoms with Gasteiger partial charge in [-0.15, -0.1) is 0 Å². The van der Waals surface area contributed by atoms with E-state index in [1.807, 2.05) is 18.2 Å². The molecule has 4 heteroatoms. The fourth-order valence-electron chi connectivity index (χ4n) is 2.10. The minimum Gasteiger partial charge on any atom is -0.463 e. The number of carbonyl (C=O) groups is 2. The maximum atomic E-state index is 12.3. The number of benzene rings is 2. The molecule has 0 aliphatic rings. The highest BCUT2D eigenvalue weighted by Crippen LogP contribution is 2.12. The molecule has 0 heterocycles. The Kier molecular flexibility index (Phi) is 6.92. The van der Waals surface area contributed by atoms with Crippen molar-refractivity contribution in [3.05, 3.63) is 77.4 Å². The topological polar surface area (TPSA) is 63.6 Å². The second-order valence-corrected chi connectivity index (χ2v) is 5.25. The van der Waals surface area contributed by atoms with Gasteiger partial charge in [-0.05, 0) is 24.5 Å². The lowest BCUT2D eigenvalue weighted by Gasteiger charge is -2.02. The lowest BCUT2D eigenvalue weighted by atomic mass is 10.0. The van der Waals surface area contributed by atoms with E-state index in [2.05, 4.69) is 0 Å². The minimum absolute atomic E-state index is 0.0329. The molecule has 0 saturated carbocycles. The zero-order valence-corrected chi connectivity index (χ0v) is 13.4. The van der Waals surface area contributed by atoms with Crippen LogP contribution in [0, 0.1) is 0 Å². The number of aliphatic hydroxyl groups is 1. The second kappa shape index (κ2) is 9.43. The highest BCUT2D eigenvalue weighted by Gasteiger charge is 2.07. The molecule has 124 valence electrons. The zero-order chi connectivity index (χ0) is 17.2. The summed E-state index contributed by atoms with van der Waals surface area (Å²) >= 11 is 0. The lowest BCUT2D eigenvalue weighted by molar-refractivity contribution is -0.137. The van der Waals surface area contributed by atoms with Crippen LogP contribution in [0.4, 0.5) is 0 Å². The first-order valence-electron chi connectivity index (χ1n) is 7.86. The molecule has 0 saturated heterocycles. The first kappa shape index (κ1) is 17.6. The maximum Gasteiger partial charge on any atom is 0.330 e. The third kappa shape index (κ3) is 5.48. The molecule has 0 atom stereocenters. The van der Waals surface area contributed by atoms with Gasteiger partial charge >= 0.3 is 5.97 Å². The van der Waals surface area contributed by atoms with E-state index in [9.17, 15) is 9.59 Å². The van der Waals surface area contributed by atoms with Gasteiger partial charge in [0.15, 0.2) is 5.78 Å². The van der Waals surface area contributed by atoms with Gasteiger partial charge in [0.2, 0.25) is 0 Å². The van der Waals surface area contributed by atoms with E-state index in [1.165, 1.54) is 6.08 Å². The minimum atomic E-state index is -0.419. The molecule has 0 radical (unpaired) electrons. The Bertz CT molecular complexity index is 687. The van der Waals surface area contributed by atoms with Crippen LogP contribution in [0.15, 0.2) is 60.7 Å². The Morgan fingerprint density at radius 2 is 1.58 bits per heavy atom. The van der Waals surface area contributed by atoms with Crippen molar-refractivity contribution in [3.63, 3.8) is 0 Å². The molecule has 0 bridgehead atoms. The molecular weight excluding hydrogens is 304 g/mol. The molecule has 1 N–H and O–H groups in total. The average molecular weight is 324 g/mol. The summed E-state index contributed by atoms with van der Waals surface area (Å²) < 4.78 is 4.99. The van der Waals surface area contributed by atoms with Crippen LogP contribution in [0.3, 0.4) is 0 Å². The van der Waals surface area contributed by atoms with Gasteiger partial charge in [-0.25, -0.2) is 4.79 Å². The largest absolute Gasteiger partial charge is 0.463 e. The summed E-state index contributed by atoms with van der Waals surface area (Å²) in [4.78, 5) is 23.8. The van der Waals surface area contributed by atoms with E-state index >= 15 is 0 Å². The first-order chi connectivity index (χ1) is 11.7. The van der Waals surface area contributed by atoms with Crippen LogP contribution < -0.4 is 0 Å². The molecular formula is C20H20O4. The second-order valence-electron chi connectivity index (χ2n) is 5.25. The normalized spacial score (nSPS) is 10.7. The van der Waals surface area contributed by atoms with Crippen molar-refractivity contribution in [1.82, 2.24) is 0 Å². The number of esters is 1. The Hall–Kier alpha value is -2.72. The van der Waals surface area contributed by atoms with Gasteiger partial charge in [-0.1, -0.05) is 54.6 Å². The number of aliphatic hydroxyl groups excluding tert-OH is 1. The quantitative estimate of drug-likeness (QED) is 0.350. The van der Waals surface area contributed by atoms with E-state index in [0.717, 1.165) is 5.56 Å². The number of unbranched alkanes of at least 4 members (excludes halogenated alkanes) is 1. The predicted octanol–water partition coefficient (Wildman–Crippen LogP) is 3.25. The van der Waals surface area contributed by atoms with Crippen LogP contribution >= 0.6 is 0 Å². The molecule has 4 nitrogen and oxygen atoms in total. The Labute approximate surface area is 141 Å². The standard InChI is InChI=1S/C20H20O4/c21-14-4-5-15-24-19(22)13-10-16-8-11-18(12-9-16)20(23)17-6-2-1-3-7-17/h1-3,6-13,21H,4-5,14-15H2/b13-10+. The van der Waals surface area contributed by atoms with Crippen molar-refractivity contribution < 1.29 is 19.4 Å². The van der Waals surface area contributed by atoms with Crippen molar-refractivity contribution in [2.24, 2.45) is 0 Å². The van der Waals surface area contributed by atoms with E-state index in [1.54, 1.807) is 42.5 Å². The van der Waals surface area contributed by atoms with Crippen molar-refractivity contribution in [2.45, 2.75) is 12.8 Å². The fraction of sp³-hybridized carbons (Fsp3) is 0.200. The summed E-state index contributed by atoms with van der Waals surface area (Å²) in [6.45, 7) is 0.399. The molecule has 2 aromatic carbocycles. The molecule has 0 aliphatic heterocycles. The molecule has 24 heavy (non-hydrogen) atoms. The number of ether oxygens (including phenoxy) is 1. The molecule has 0 aromatic heterocycles. The summed E-state index contributed by atoms with van der Waals surface area (Å²) in [5, 5.41) is 8.64. The number of rotatable bonds is 8. The molecule has 0 fully saturated rings. The van der Waals surface area contributed by atoms with Crippen LogP contribution in [-0.4, -0.2) is 30.1 Å². The third-order valence-corrected chi connectivity index (χ3v) is 3.42. The zero-order valence-electron chi connectivity index (χ0n) is 13.4. The Morgan fingerprint density at radius 3 is 2.25 bits per heavy atom. The summed E-state index contributed by atoms with van der Waals surface area (Å²) in [5.74, 6) is -0.452. The van der Waals surface area contributed by atoms with Crippen molar-refractivity contribution >= 4 is 17.8 Å². The van der Waals surface area contributed by atoms with Crippen LogP contribution in [0.5, 0.6) is 0 Å². The fourth-order valence-corrected chi connectivity index (χ4v) is 2.10. The van der Waals surface area contributed by atoms with Gasteiger partial charge in [-0.3, -0.25) is 4.79 Å². The van der Waals surface area contributed by atoms with Crippen LogP contribution in [-0.2, 0) is 9.53 Å². The smallest absolute Gasteiger partial charge is 0.330 e. The summed E-state index contributed by atoms with van der Waals surface area (Å²) in [6.07, 6.45) is 4.26. The van der Waals surface area contributed by atoms with E-state index in [4.69, 9.17) is 9.84 Å². The van der Waals surface area contributed by atoms with Crippen LogP contribution in [0.25, 0.3) is 6.08 Å². The highest BCUT2D eigenvalue weighted by molar-refractivity contribution is 6.09. The summed E-state index contributed by atoms with van der Waals surface area (Å²) in [5.41, 5.74) is 2.06. The van der Waals surface area contributed by atoms with Gasteiger partial charge in [0.05, 0.1) is 6.61 Å². The van der Waals surface area contributed by atoms with Gasteiger partial charge in [0, 0.05) is 23.8 Å². The Morgan fingerprint density at radius 1 is 0.917 bits per heavy atom. The van der Waals surface area contributed by atoms with E-state index in [0.29, 0.717) is 30.6 Å². The average Bonchev–Trinajstić information content (AvgIpc) is 2.64. The van der Waals surface area contributed by atoms with Crippen molar-refractivity contribution in [3.8, 4) is 0 Å². The number of hydrogen-bond acceptors (Lipinski definition) is 4. The summed E-state index contributed by atoms with van der Waals surface area (Å²) in [6, 6.07) is 16.1. The molecule has 0 aliphatic carbocycles. The number of ketones is 1. The van der Waals surface area contributed by atoms with Crippen molar-refractivity contribution in [2.75, 3.05) is 13.2 Å². The van der Waals surface area contributed by atoms with Gasteiger partial charge in [0.1, 0.15) is 0 Å².